The molecule has 0 fully saturated rings. The van der Waals surface area contributed by atoms with Gasteiger partial charge in [-0.25, -0.2) is 12.8 Å². The molecule has 0 atom stereocenters. The molecule has 0 radical (unpaired) electrons. The summed E-state index contributed by atoms with van der Waals surface area (Å²) < 4.78 is 40.7. The molecule has 0 saturated carbocycles. The number of amides is 1. The molecule has 0 aliphatic heterocycles. The van der Waals surface area contributed by atoms with Gasteiger partial charge in [0.05, 0.1) is 10.6 Å². The van der Waals surface area contributed by atoms with E-state index in [9.17, 15) is 17.6 Å². The number of anilines is 1. The van der Waals surface area contributed by atoms with Crippen molar-refractivity contribution in [1.29, 1.82) is 0 Å². The van der Waals surface area contributed by atoms with Crippen molar-refractivity contribution in [2.45, 2.75) is 16.7 Å². The average molecular weight is 445 g/mol. The third kappa shape index (κ3) is 5.84. The standard InChI is InChI=1S/C22H21FN2O3S2/c1-16-6-10-18(11-7-16)29-15-14-24-22(26)17-8-12-19(13-9-17)30(27,28)25-21-5-3-2-4-20(21)23/h2-13,25H,14-15H2,1H3,(H,24,26). The number of carbonyl (C=O) groups is 1. The summed E-state index contributed by atoms with van der Waals surface area (Å²) in [4.78, 5) is 13.3. The van der Waals surface area contributed by atoms with Gasteiger partial charge < -0.3 is 5.32 Å². The van der Waals surface area contributed by atoms with E-state index in [-0.39, 0.29) is 16.5 Å². The van der Waals surface area contributed by atoms with Crippen LogP contribution in [-0.2, 0) is 10.0 Å². The molecule has 0 spiro atoms. The molecule has 2 N–H and O–H groups in total. The molecule has 0 bridgehead atoms. The van der Waals surface area contributed by atoms with Gasteiger partial charge in [-0.3, -0.25) is 9.52 Å². The van der Waals surface area contributed by atoms with Crippen molar-refractivity contribution in [3.05, 3.63) is 89.7 Å². The van der Waals surface area contributed by atoms with Gasteiger partial charge in [0, 0.05) is 22.8 Å². The molecule has 0 heterocycles. The van der Waals surface area contributed by atoms with E-state index < -0.39 is 15.8 Å². The SMILES string of the molecule is Cc1ccc(SCCNC(=O)c2ccc(S(=O)(=O)Nc3ccccc3F)cc2)cc1. The summed E-state index contributed by atoms with van der Waals surface area (Å²) in [5, 5.41) is 2.81. The van der Waals surface area contributed by atoms with E-state index in [4.69, 9.17) is 0 Å². The highest BCUT2D eigenvalue weighted by atomic mass is 32.2. The quantitative estimate of drug-likeness (QED) is 0.397. The van der Waals surface area contributed by atoms with Crippen LogP contribution in [0.15, 0.2) is 82.6 Å². The van der Waals surface area contributed by atoms with Crippen LogP contribution >= 0.6 is 11.8 Å². The Balaban J connectivity index is 1.54. The topological polar surface area (TPSA) is 75.3 Å². The summed E-state index contributed by atoms with van der Waals surface area (Å²) in [6.07, 6.45) is 0. The van der Waals surface area contributed by atoms with E-state index in [1.807, 2.05) is 31.2 Å². The molecule has 8 heteroatoms. The number of sulfonamides is 1. The Bertz CT molecular complexity index is 1120. The third-order valence-corrected chi connectivity index (χ3v) is 6.62. The molecule has 0 saturated heterocycles. The Kier molecular flexibility index (Phi) is 7.12. The number of benzene rings is 3. The molecular weight excluding hydrogens is 423 g/mol. The van der Waals surface area contributed by atoms with Gasteiger partial charge in [0.15, 0.2) is 0 Å². The van der Waals surface area contributed by atoms with Crippen LogP contribution < -0.4 is 10.0 Å². The molecule has 0 aromatic heterocycles. The number of aryl methyl sites for hydroxylation is 1. The number of para-hydroxylation sites is 1. The van der Waals surface area contributed by atoms with Crippen molar-refractivity contribution < 1.29 is 17.6 Å². The number of hydrogen-bond donors (Lipinski definition) is 2. The van der Waals surface area contributed by atoms with Gasteiger partial charge in [0.1, 0.15) is 5.82 Å². The first kappa shape index (κ1) is 21.9. The maximum absolute atomic E-state index is 13.7. The zero-order chi connectivity index (χ0) is 21.6. The zero-order valence-corrected chi connectivity index (χ0v) is 17.9. The molecule has 0 aliphatic rings. The van der Waals surface area contributed by atoms with Crippen LogP contribution in [0.5, 0.6) is 0 Å². The van der Waals surface area contributed by atoms with Gasteiger partial charge >= 0.3 is 0 Å². The maximum Gasteiger partial charge on any atom is 0.261 e. The molecule has 1 amide bonds. The minimum absolute atomic E-state index is 0.0581. The fourth-order valence-corrected chi connectivity index (χ4v) is 4.44. The van der Waals surface area contributed by atoms with E-state index in [1.165, 1.54) is 54.1 Å². The van der Waals surface area contributed by atoms with Gasteiger partial charge in [0.2, 0.25) is 0 Å². The van der Waals surface area contributed by atoms with Crippen molar-refractivity contribution >= 4 is 33.4 Å². The van der Waals surface area contributed by atoms with E-state index in [0.717, 1.165) is 4.90 Å². The van der Waals surface area contributed by atoms with Crippen LogP contribution in [0.4, 0.5) is 10.1 Å². The predicted molar refractivity (Wildman–Crippen MR) is 118 cm³/mol. The molecule has 5 nitrogen and oxygen atoms in total. The third-order valence-electron chi connectivity index (χ3n) is 4.22. The Hall–Kier alpha value is -2.84. The molecule has 3 aromatic carbocycles. The van der Waals surface area contributed by atoms with Gasteiger partial charge in [-0.05, 0) is 55.5 Å². The molecule has 30 heavy (non-hydrogen) atoms. The summed E-state index contributed by atoms with van der Waals surface area (Å²) in [6, 6.07) is 19.2. The summed E-state index contributed by atoms with van der Waals surface area (Å²) in [7, 11) is -3.96. The van der Waals surface area contributed by atoms with Crippen LogP contribution in [0.25, 0.3) is 0 Å². The Morgan fingerprint density at radius 3 is 2.30 bits per heavy atom. The predicted octanol–water partition coefficient (Wildman–Crippen LogP) is 4.46. The summed E-state index contributed by atoms with van der Waals surface area (Å²) in [5.74, 6) is -0.237. The van der Waals surface area contributed by atoms with E-state index >= 15 is 0 Å². The van der Waals surface area contributed by atoms with E-state index in [2.05, 4.69) is 10.0 Å². The number of nitrogens with one attached hydrogen (secondary N) is 2. The van der Waals surface area contributed by atoms with Crippen molar-refractivity contribution in [1.82, 2.24) is 5.32 Å². The maximum atomic E-state index is 13.7. The fraction of sp³-hybridized carbons (Fsp3) is 0.136. The lowest BCUT2D eigenvalue weighted by Gasteiger charge is -2.10. The lowest BCUT2D eigenvalue weighted by molar-refractivity contribution is 0.0956. The minimum atomic E-state index is -3.96. The molecule has 156 valence electrons. The summed E-state index contributed by atoms with van der Waals surface area (Å²) in [6.45, 7) is 2.51. The summed E-state index contributed by atoms with van der Waals surface area (Å²) in [5.41, 5.74) is 1.41. The highest BCUT2D eigenvalue weighted by molar-refractivity contribution is 7.99. The largest absolute Gasteiger partial charge is 0.351 e. The first-order chi connectivity index (χ1) is 14.3. The molecule has 0 aliphatic carbocycles. The zero-order valence-electron chi connectivity index (χ0n) is 16.3. The minimum Gasteiger partial charge on any atom is -0.351 e. The number of halogens is 1. The van der Waals surface area contributed by atoms with Crippen LogP contribution in [0.2, 0.25) is 0 Å². The number of hydrogen-bond acceptors (Lipinski definition) is 4. The smallest absolute Gasteiger partial charge is 0.261 e. The second kappa shape index (κ2) is 9.77. The molecule has 0 unspecified atom stereocenters. The van der Waals surface area contributed by atoms with Crippen LogP contribution in [0.1, 0.15) is 15.9 Å². The van der Waals surface area contributed by atoms with Crippen LogP contribution in [0, 0.1) is 12.7 Å². The second-order valence-corrected chi connectivity index (χ2v) is 9.38. The molecule has 3 aromatic rings. The van der Waals surface area contributed by atoms with Crippen LogP contribution in [0.3, 0.4) is 0 Å². The van der Waals surface area contributed by atoms with E-state index in [1.54, 1.807) is 11.8 Å². The van der Waals surface area contributed by atoms with Gasteiger partial charge in [-0.15, -0.1) is 11.8 Å². The van der Waals surface area contributed by atoms with Crippen molar-refractivity contribution in [2.24, 2.45) is 0 Å². The van der Waals surface area contributed by atoms with E-state index in [0.29, 0.717) is 17.9 Å². The highest BCUT2D eigenvalue weighted by Crippen LogP contribution is 2.20. The lowest BCUT2D eigenvalue weighted by atomic mass is 10.2. The van der Waals surface area contributed by atoms with Crippen LogP contribution in [-0.4, -0.2) is 26.6 Å². The Labute approximate surface area is 179 Å². The van der Waals surface area contributed by atoms with Gasteiger partial charge in [-0.2, -0.15) is 0 Å². The first-order valence-corrected chi connectivity index (χ1v) is 11.7. The van der Waals surface area contributed by atoms with Gasteiger partial charge in [-0.1, -0.05) is 29.8 Å². The molecular formula is C22H21FN2O3S2. The number of carbonyl (C=O) groups excluding carboxylic acids is 1. The average Bonchev–Trinajstić information content (AvgIpc) is 2.74. The molecule has 3 rings (SSSR count). The monoisotopic (exact) mass is 444 g/mol. The first-order valence-electron chi connectivity index (χ1n) is 9.20. The normalized spacial score (nSPS) is 11.1. The number of thioether (sulfide) groups is 1. The fourth-order valence-electron chi connectivity index (χ4n) is 2.60. The Morgan fingerprint density at radius 1 is 0.967 bits per heavy atom. The Morgan fingerprint density at radius 2 is 1.63 bits per heavy atom. The van der Waals surface area contributed by atoms with Crippen molar-refractivity contribution in [2.75, 3.05) is 17.0 Å². The van der Waals surface area contributed by atoms with Crippen molar-refractivity contribution in [3.63, 3.8) is 0 Å². The second-order valence-electron chi connectivity index (χ2n) is 6.53. The summed E-state index contributed by atoms with van der Waals surface area (Å²) >= 11 is 1.64. The van der Waals surface area contributed by atoms with Crippen molar-refractivity contribution in [3.8, 4) is 0 Å². The number of rotatable bonds is 8. The van der Waals surface area contributed by atoms with Gasteiger partial charge in [0.25, 0.3) is 15.9 Å². The highest BCUT2D eigenvalue weighted by Gasteiger charge is 2.16. The lowest BCUT2D eigenvalue weighted by Crippen LogP contribution is -2.25.